The van der Waals surface area contributed by atoms with Gasteiger partial charge < -0.3 is 5.32 Å². The van der Waals surface area contributed by atoms with Crippen molar-refractivity contribution in [2.45, 2.75) is 39.0 Å². The summed E-state index contributed by atoms with van der Waals surface area (Å²) in [5, 5.41) is 2.57. The standard InChI is InChI=1S/C12H17FN2O/c1-2-3-4-5-9-12(16)15-11-8-6-7-10(13)14-11/h6-8H,2-5,9H2,1H3,(H,14,15,16). The van der Waals surface area contributed by atoms with Crippen LogP contribution in [0, 0.1) is 5.95 Å². The summed E-state index contributed by atoms with van der Waals surface area (Å²) in [6.07, 6.45) is 4.69. The summed E-state index contributed by atoms with van der Waals surface area (Å²) in [5.74, 6) is -0.404. The van der Waals surface area contributed by atoms with E-state index in [0.717, 1.165) is 25.7 Å². The van der Waals surface area contributed by atoms with Crippen molar-refractivity contribution >= 4 is 11.7 Å². The van der Waals surface area contributed by atoms with Crippen molar-refractivity contribution < 1.29 is 9.18 Å². The Balaban J connectivity index is 2.29. The molecule has 0 fully saturated rings. The smallest absolute Gasteiger partial charge is 0.225 e. The van der Waals surface area contributed by atoms with Gasteiger partial charge in [-0.25, -0.2) is 4.98 Å². The van der Waals surface area contributed by atoms with Crippen molar-refractivity contribution in [3.63, 3.8) is 0 Å². The van der Waals surface area contributed by atoms with Crippen molar-refractivity contribution in [3.8, 4) is 0 Å². The molecule has 0 radical (unpaired) electrons. The summed E-state index contributed by atoms with van der Waals surface area (Å²) in [4.78, 5) is 15.0. The Hall–Kier alpha value is -1.45. The number of hydrogen-bond acceptors (Lipinski definition) is 2. The first-order valence-electron chi connectivity index (χ1n) is 5.64. The van der Waals surface area contributed by atoms with Crippen LogP contribution in [-0.2, 0) is 4.79 Å². The van der Waals surface area contributed by atoms with Crippen LogP contribution in [0.4, 0.5) is 10.2 Å². The molecule has 1 N–H and O–H groups in total. The van der Waals surface area contributed by atoms with Crippen LogP contribution in [0.25, 0.3) is 0 Å². The molecule has 1 heterocycles. The van der Waals surface area contributed by atoms with Gasteiger partial charge in [0.2, 0.25) is 11.9 Å². The van der Waals surface area contributed by atoms with Gasteiger partial charge in [0, 0.05) is 6.42 Å². The quantitative estimate of drug-likeness (QED) is 0.595. The molecule has 1 rings (SSSR count). The van der Waals surface area contributed by atoms with Crippen LogP contribution in [0.5, 0.6) is 0 Å². The van der Waals surface area contributed by atoms with Crippen molar-refractivity contribution in [2.24, 2.45) is 0 Å². The minimum Gasteiger partial charge on any atom is -0.311 e. The molecule has 1 aromatic rings. The Kier molecular flexibility index (Phi) is 5.46. The van der Waals surface area contributed by atoms with Crippen molar-refractivity contribution in [3.05, 3.63) is 24.1 Å². The molecule has 0 unspecified atom stereocenters. The number of carbonyl (C=O) groups is 1. The largest absolute Gasteiger partial charge is 0.311 e. The van der Waals surface area contributed by atoms with Crippen molar-refractivity contribution in [1.82, 2.24) is 4.98 Å². The molecule has 16 heavy (non-hydrogen) atoms. The average Bonchev–Trinajstić information content (AvgIpc) is 2.24. The number of hydrogen-bond donors (Lipinski definition) is 1. The topological polar surface area (TPSA) is 42.0 Å². The van der Waals surface area contributed by atoms with E-state index in [2.05, 4.69) is 17.2 Å². The van der Waals surface area contributed by atoms with E-state index >= 15 is 0 Å². The Morgan fingerprint density at radius 2 is 2.19 bits per heavy atom. The molecule has 0 atom stereocenters. The Morgan fingerprint density at radius 1 is 1.38 bits per heavy atom. The third kappa shape index (κ3) is 4.87. The average molecular weight is 224 g/mol. The van der Waals surface area contributed by atoms with E-state index in [9.17, 15) is 9.18 Å². The van der Waals surface area contributed by atoms with Gasteiger partial charge in [-0.2, -0.15) is 4.39 Å². The van der Waals surface area contributed by atoms with E-state index in [-0.39, 0.29) is 11.7 Å². The molecule has 0 saturated carbocycles. The van der Waals surface area contributed by atoms with E-state index in [1.807, 2.05) is 0 Å². The highest BCUT2D eigenvalue weighted by molar-refractivity contribution is 5.89. The fourth-order valence-electron chi connectivity index (χ4n) is 1.40. The molecule has 0 bridgehead atoms. The fraction of sp³-hybridized carbons (Fsp3) is 0.500. The monoisotopic (exact) mass is 224 g/mol. The Labute approximate surface area is 95.1 Å². The van der Waals surface area contributed by atoms with Crippen LogP contribution < -0.4 is 5.32 Å². The van der Waals surface area contributed by atoms with Crippen molar-refractivity contribution in [2.75, 3.05) is 5.32 Å². The molecular weight excluding hydrogens is 207 g/mol. The molecule has 0 aliphatic rings. The van der Waals surface area contributed by atoms with Gasteiger partial charge in [0.1, 0.15) is 5.82 Å². The van der Waals surface area contributed by atoms with Crippen LogP contribution in [-0.4, -0.2) is 10.9 Å². The second kappa shape index (κ2) is 6.93. The fourth-order valence-corrected chi connectivity index (χ4v) is 1.40. The second-order valence-corrected chi connectivity index (χ2v) is 3.70. The summed E-state index contributed by atoms with van der Waals surface area (Å²) in [7, 11) is 0. The summed E-state index contributed by atoms with van der Waals surface area (Å²) in [6, 6.07) is 4.35. The minimum atomic E-state index is -0.580. The lowest BCUT2D eigenvalue weighted by Gasteiger charge is -2.03. The zero-order chi connectivity index (χ0) is 11.8. The number of pyridine rings is 1. The number of carbonyl (C=O) groups excluding carboxylic acids is 1. The lowest BCUT2D eigenvalue weighted by Crippen LogP contribution is -2.12. The highest BCUT2D eigenvalue weighted by Gasteiger charge is 2.03. The van der Waals surface area contributed by atoms with Crippen LogP contribution in [0.1, 0.15) is 39.0 Å². The minimum absolute atomic E-state index is 0.103. The third-order valence-electron chi connectivity index (χ3n) is 2.24. The normalized spacial score (nSPS) is 10.1. The number of amides is 1. The van der Waals surface area contributed by atoms with E-state index in [1.54, 1.807) is 6.07 Å². The number of rotatable bonds is 6. The molecular formula is C12H17FN2O. The van der Waals surface area contributed by atoms with Gasteiger partial charge in [-0.05, 0) is 18.6 Å². The van der Waals surface area contributed by atoms with E-state index in [0.29, 0.717) is 6.42 Å². The van der Waals surface area contributed by atoms with Gasteiger partial charge in [0.25, 0.3) is 0 Å². The molecule has 0 aliphatic heterocycles. The maximum atomic E-state index is 12.7. The predicted molar refractivity (Wildman–Crippen MR) is 61.6 cm³/mol. The molecule has 0 aromatic carbocycles. The molecule has 1 aromatic heterocycles. The third-order valence-corrected chi connectivity index (χ3v) is 2.24. The number of nitrogens with zero attached hydrogens (tertiary/aromatic N) is 1. The Morgan fingerprint density at radius 3 is 2.88 bits per heavy atom. The van der Waals surface area contributed by atoms with E-state index in [4.69, 9.17) is 0 Å². The van der Waals surface area contributed by atoms with Gasteiger partial charge in [0.15, 0.2) is 0 Å². The van der Waals surface area contributed by atoms with Gasteiger partial charge in [-0.1, -0.05) is 32.3 Å². The van der Waals surface area contributed by atoms with Crippen LogP contribution in [0.2, 0.25) is 0 Å². The number of nitrogens with one attached hydrogen (secondary N) is 1. The van der Waals surface area contributed by atoms with Crippen molar-refractivity contribution in [1.29, 1.82) is 0 Å². The summed E-state index contributed by atoms with van der Waals surface area (Å²) < 4.78 is 12.7. The first kappa shape index (κ1) is 12.6. The Bertz CT molecular complexity index is 342. The number of anilines is 1. The lowest BCUT2D eigenvalue weighted by atomic mass is 10.1. The maximum absolute atomic E-state index is 12.7. The van der Waals surface area contributed by atoms with Crippen LogP contribution >= 0.6 is 0 Å². The summed E-state index contributed by atoms with van der Waals surface area (Å²) in [6.45, 7) is 2.12. The highest BCUT2D eigenvalue weighted by Crippen LogP contribution is 2.06. The van der Waals surface area contributed by atoms with E-state index in [1.165, 1.54) is 12.1 Å². The summed E-state index contributed by atoms with van der Waals surface area (Å²) in [5.41, 5.74) is 0. The molecule has 1 amide bonds. The maximum Gasteiger partial charge on any atom is 0.225 e. The molecule has 3 nitrogen and oxygen atoms in total. The van der Waals surface area contributed by atoms with E-state index < -0.39 is 5.95 Å². The van der Waals surface area contributed by atoms with Gasteiger partial charge in [-0.3, -0.25) is 4.79 Å². The molecule has 0 spiro atoms. The van der Waals surface area contributed by atoms with Crippen LogP contribution in [0.3, 0.4) is 0 Å². The predicted octanol–water partition coefficient (Wildman–Crippen LogP) is 3.13. The summed E-state index contributed by atoms with van der Waals surface area (Å²) >= 11 is 0. The zero-order valence-electron chi connectivity index (χ0n) is 9.50. The first-order chi connectivity index (χ1) is 7.72. The highest BCUT2D eigenvalue weighted by atomic mass is 19.1. The zero-order valence-corrected chi connectivity index (χ0v) is 9.50. The first-order valence-corrected chi connectivity index (χ1v) is 5.64. The SMILES string of the molecule is CCCCCCC(=O)Nc1cccc(F)n1. The van der Waals surface area contributed by atoms with Gasteiger partial charge in [-0.15, -0.1) is 0 Å². The number of unbranched alkanes of at least 4 members (excludes halogenated alkanes) is 3. The lowest BCUT2D eigenvalue weighted by molar-refractivity contribution is -0.116. The van der Waals surface area contributed by atoms with Crippen LogP contribution in [0.15, 0.2) is 18.2 Å². The molecule has 4 heteroatoms. The number of aromatic nitrogens is 1. The molecule has 0 aliphatic carbocycles. The molecule has 88 valence electrons. The second-order valence-electron chi connectivity index (χ2n) is 3.70. The van der Waals surface area contributed by atoms with Gasteiger partial charge in [0.05, 0.1) is 0 Å². The van der Waals surface area contributed by atoms with Gasteiger partial charge >= 0.3 is 0 Å². The number of halogens is 1. The molecule has 0 saturated heterocycles.